The van der Waals surface area contributed by atoms with E-state index in [9.17, 15) is 4.79 Å². The minimum absolute atomic E-state index is 0.176. The van der Waals surface area contributed by atoms with Crippen molar-refractivity contribution in [1.29, 1.82) is 0 Å². The van der Waals surface area contributed by atoms with Crippen molar-refractivity contribution in [3.63, 3.8) is 0 Å². The first kappa shape index (κ1) is 11.6. The summed E-state index contributed by atoms with van der Waals surface area (Å²) in [6.07, 6.45) is 4.08. The number of carbonyl (C=O) groups is 1. The summed E-state index contributed by atoms with van der Waals surface area (Å²) in [6.45, 7) is 3.35. The number of amides is 1. The molecule has 5 nitrogen and oxygen atoms in total. The van der Waals surface area contributed by atoms with E-state index in [2.05, 4.69) is 21.0 Å². The van der Waals surface area contributed by atoms with Gasteiger partial charge >= 0.3 is 0 Å². The molecule has 0 saturated carbocycles. The van der Waals surface area contributed by atoms with Gasteiger partial charge in [0.25, 0.3) is 0 Å². The fourth-order valence-corrected chi connectivity index (χ4v) is 1.97. The van der Waals surface area contributed by atoms with Crippen molar-refractivity contribution in [2.75, 3.05) is 26.3 Å². The lowest BCUT2D eigenvalue weighted by atomic mass is 10.3. The van der Waals surface area contributed by atoms with Gasteiger partial charge in [-0.05, 0) is 15.9 Å². The van der Waals surface area contributed by atoms with Crippen LogP contribution >= 0.6 is 15.9 Å². The number of hydrogen-bond acceptors (Lipinski definition) is 3. The maximum Gasteiger partial charge on any atom is 0.224 e. The van der Waals surface area contributed by atoms with Crippen LogP contribution in [0.5, 0.6) is 0 Å². The number of hydrogen-bond donors (Lipinski definition) is 0. The molecule has 1 aliphatic rings. The summed E-state index contributed by atoms with van der Waals surface area (Å²) in [5.74, 6) is 0.176. The van der Waals surface area contributed by atoms with Crippen LogP contribution in [0.4, 0.5) is 0 Å². The number of carbonyl (C=O) groups excluding carboxylic acids is 1. The molecule has 1 saturated heterocycles. The first-order chi connectivity index (χ1) is 7.75. The lowest BCUT2D eigenvalue weighted by Gasteiger charge is -2.26. The van der Waals surface area contributed by atoms with E-state index in [4.69, 9.17) is 4.74 Å². The van der Waals surface area contributed by atoms with Gasteiger partial charge in [-0.3, -0.25) is 9.48 Å². The third-order valence-corrected chi connectivity index (χ3v) is 2.93. The van der Waals surface area contributed by atoms with Crippen molar-refractivity contribution in [3.05, 3.63) is 16.9 Å². The first-order valence-corrected chi connectivity index (χ1v) is 6.08. The second-order valence-electron chi connectivity index (χ2n) is 3.66. The van der Waals surface area contributed by atoms with E-state index in [1.807, 2.05) is 11.1 Å². The smallest absolute Gasteiger partial charge is 0.224 e. The summed E-state index contributed by atoms with van der Waals surface area (Å²) in [6, 6.07) is 0. The van der Waals surface area contributed by atoms with Gasteiger partial charge in [0.1, 0.15) is 0 Å². The summed E-state index contributed by atoms with van der Waals surface area (Å²) in [5.41, 5.74) is 0. The molecule has 1 aliphatic heterocycles. The number of nitrogens with zero attached hydrogens (tertiary/aromatic N) is 3. The van der Waals surface area contributed by atoms with Crippen LogP contribution in [-0.2, 0) is 16.1 Å². The van der Waals surface area contributed by atoms with E-state index < -0.39 is 0 Å². The summed E-state index contributed by atoms with van der Waals surface area (Å²) >= 11 is 3.32. The number of morpholine rings is 1. The van der Waals surface area contributed by atoms with E-state index in [0.717, 1.165) is 4.47 Å². The molecule has 0 spiro atoms. The predicted molar refractivity (Wildman–Crippen MR) is 61.9 cm³/mol. The highest BCUT2D eigenvalue weighted by Gasteiger charge is 2.16. The molecule has 1 fully saturated rings. The van der Waals surface area contributed by atoms with Crippen molar-refractivity contribution >= 4 is 21.8 Å². The molecule has 2 heterocycles. The Bertz CT molecular complexity index is 361. The van der Waals surface area contributed by atoms with Gasteiger partial charge in [-0.2, -0.15) is 5.10 Å². The number of aromatic nitrogens is 2. The van der Waals surface area contributed by atoms with Gasteiger partial charge < -0.3 is 9.64 Å². The maximum absolute atomic E-state index is 11.8. The minimum atomic E-state index is 0.176. The van der Waals surface area contributed by atoms with Crippen molar-refractivity contribution in [2.45, 2.75) is 13.0 Å². The van der Waals surface area contributed by atoms with Crippen LogP contribution in [0.25, 0.3) is 0 Å². The summed E-state index contributed by atoms with van der Waals surface area (Å²) in [7, 11) is 0. The number of halogens is 1. The van der Waals surface area contributed by atoms with E-state index in [-0.39, 0.29) is 5.91 Å². The molecular formula is C10H14BrN3O2. The Morgan fingerprint density at radius 1 is 1.50 bits per heavy atom. The summed E-state index contributed by atoms with van der Waals surface area (Å²) in [4.78, 5) is 13.6. The van der Waals surface area contributed by atoms with Crippen LogP contribution in [0.3, 0.4) is 0 Å². The Kier molecular flexibility index (Phi) is 3.95. The number of rotatable bonds is 3. The van der Waals surface area contributed by atoms with Gasteiger partial charge in [-0.15, -0.1) is 0 Å². The van der Waals surface area contributed by atoms with Gasteiger partial charge in [-0.1, -0.05) is 0 Å². The second-order valence-corrected chi connectivity index (χ2v) is 4.58. The molecule has 1 amide bonds. The highest BCUT2D eigenvalue weighted by Crippen LogP contribution is 2.07. The number of aryl methyl sites for hydroxylation is 1. The molecular weight excluding hydrogens is 274 g/mol. The SMILES string of the molecule is O=C(CCn1cc(Br)cn1)N1CCOCC1. The Hall–Kier alpha value is -0.880. The second kappa shape index (κ2) is 5.45. The average molecular weight is 288 g/mol. The van der Waals surface area contributed by atoms with Crippen molar-refractivity contribution < 1.29 is 9.53 Å². The Labute approximate surface area is 102 Å². The van der Waals surface area contributed by atoms with Crippen LogP contribution < -0.4 is 0 Å². The Morgan fingerprint density at radius 3 is 2.88 bits per heavy atom. The molecule has 2 rings (SSSR count). The molecule has 0 radical (unpaired) electrons. The minimum Gasteiger partial charge on any atom is -0.378 e. The third-order valence-electron chi connectivity index (χ3n) is 2.52. The van der Waals surface area contributed by atoms with E-state index >= 15 is 0 Å². The average Bonchev–Trinajstić information content (AvgIpc) is 2.73. The van der Waals surface area contributed by atoms with Crippen LogP contribution in [0.1, 0.15) is 6.42 Å². The molecule has 88 valence electrons. The lowest BCUT2D eigenvalue weighted by molar-refractivity contribution is -0.135. The fraction of sp³-hybridized carbons (Fsp3) is 0.600. The monoisotopic (exact) mass is 287 g/mol. The van der Waals surface area contributed by atoms with Crippen LogP contribution in [0.15, 0.2) is 16.9 Å². The molecule has 0 aliphatic carbocycles. The van der Waals surface area contributed by atoms with Gasteiger partial charge in [-0.25, -0.2) is 0 Å². The largest absolute Gasteiger partial charge is 0.378 e. The van der Waals surface area contributed by atoms with E-state index in [1.54, 1.807) is 10.9 Å². The maximum atomic E-state index is 11.8. The van der Waals surface area contributed by atoms with Crippen molar-refractivity contribution in [1.82, 2.24) is 14.7 Å². The summed E-state index contributed by atoms with van der Waals surface area (Å²) in [5, 5.41) is 4.11. The van der Waals surface area contributed by atoms with Gasteiger partial charge in [0.15, 0.2) is 0 Å². The van der Waals surface area contributed by atoms with Crippen molar-refractivity contribution in [2.24, 2.45) is 0 Å². The molecule has 1 aromatic heterocycles. The lowest BCUT2D eigenvalue weighted by Crippen LogP contribution is -2.40. The van der Waals surface area contributed by atoms with Crippen molar-refractivity contribution in [3.8, 4) is 0 Å². The quantitative estimate of drug-likeness (QED) is 0.830. The third kappa shape index (κ3) is 3.05. The first-order valence-electron chi connectivity index (χ1n) is 5.29. The summed E-state index contributed by atoms with van der Waals surface area (Å²) < 4.78 is 7.90. The highest BCUT2D eigenvalue weighted by molar-refractivity contribution is 9.10. The zero-order valence-corrected chi connectivity index (χ0v) is 10.5. The fourth-order valence-electron chi connectivity index (χ4n) is 1.64. The molecule has 1 aromatic rings. The molecule has 0 aromatic carbocycles. The Balaban J connectivity index is 1.78. The van der Waals surface area contributed by atoms with E-state index in [1.165, 1.54) is 0 Å². The van der Waals surface area contributed by atoms with Gasteiger partial charge in [0.2, 0.25) is 5.91 Å². The zero-order chi connectivity index (χ0) is 11.4. The van der Waals surface area contributed by atoms with Gasteiger partial charge in [0, 0.05) is 32.3 Å². The predicted octanol–water partition coefficient (Wildman–Crippen LogP) is 0.895. The normalized spacial score (nSPS) is 16.4. The van der Waals surface area contributed by atoms with E-state index in [0.29, 0.717) is 39.3 Å². The van der Waals surface area contributed by atoms with Crippen LogP contribution in [0.2, 0.25) is 0 Å². The standard InChI is InChI=1S/C10H14BrN3O2/c11-9-7-12-14(8-9)2-1-10(15)13-3-5-16-6-4-13/h7-8H,1-6H2. The highest BCUT2D eigenvalue weighted by atomic mass is 79.9. The van der Waals surface area contributed by atoms with Crippen LogP contribution in [-0.4, -0.2) is 46.9 Å². The van der Waals surface area contributed by atoms with Crippen LogP contribution in [0, 0.1) is 0 Å². The zero-order valence-electron chi connectivity index (χ0n) is 8.93. The van der Waals surface area contributed by atoms with Gasteiger partial charge in [0.05, 0.1) is 23.9 Å². The molecule has 6 heteroatoms. The molecule has 0 atom stereocenters. The topological polar surface area (TPSA) is 47.4 Å². The molecule has 16 heavy (non-hydrogen) atoms. The molecule has 0 bridgehead atoms. The Morgan fingerprint density at radius 2 is 2.25 bits per heavy atom. The molecule has 0 unspecified atom stereocenters. The molecule has 0 N–H and O–H groups in total. The number of ether oxygens (including phenoxy) is 1.